The number of hydrogen-bond acceptors (Lipinski definition) is 5. The highest BCUT2D eigenvalue weighted by Crippen LogP contribution is 2.48. The third kappa shape index (κ3) is 4.77. The zero-order chi connectivity index (χ0) is 26.0. The van der Waals surface area contributed by atoms with Crippen LogP contribution in [0.4, 0.5) is 0 Å². The third-order valence-corrected chi connectivity index (χ3v) is 7.04. The first-order valence-corrected chi connectivity index (χ1v) is 11.6. The highest BCUT2D eigenvalue weighted by atomic mass is 35.5. The topological polar surface area (TPSA) is 128 Å². The van der Waals surface area contributed by atoms with Gasteiger partial charge in [0.1, 0.15) is 10.6 Å². The molecule has 0 saturated heterocycles. The fourth-order valence-corrected chi connectivity index (χ4v) is 4.52. The number of rotatable bonds is 8. The predicted octanol–water partition coefficient (Wildman–Crippen LogP) is 3.47. The molecule has 0 aromatic rings. The van der Waals surface area contributed by atoms with Gasteiger partial charge in [-0.2, -0.15) is 0 Å². The second-order valence-electron chi connectivity index (χ2n) is 9.57. The zero-order valence-corrected chi connectivity index (χ0v) is 21.3. The number of carbonyl (C=O) groups excluding carboxylic acids is 3. The fraction of sp³-hybridized carbons (Fsp3) is 0.500. The van der Waals surface area contributed by atoms with E-state index in [-0.39, 0.29) is 18.4 Å². The van der Waals surface area contributed by atoms with Crippen LogP contribution in [-0.4, -0.2) is 44.1 Å². The van der Waals surface area contributed by atoms with Crippen molar-refractivity contribution in [3.63, 3.8) is 0 Å². The van der Waals surface area contributed by atoms with Crippen LogP contribution in [0.5, 0.6) is 0 Å². The molecular weight excluding hydrogens is 456 g/mol. The maximum Gasteiger partial charge on any atom is 0.233 e. The Morgan fingerprint density at radius 2 is 1.62 bits per heavy atom. The van der Waals surface area contributed by atoms with Gasteiger partial charge in [0.15, 0.2) is 11.4 Å². The summed E-state index contributed by atoms with van der Waals surface area (Å²) in [5, 5.41) is 24.1. The number of ketones is 3. The largest absolute Gasteiger partial charge is 0.508 e. The number of hydrogen-bond donors (Lipinski definition) is 3. The van der Waals surface area contributed by atoms with Crippen LogP contribution in [-0.2, 0) is 14.4 Å². The molecule has 0 amide bonds. The predicted molar refractivity (Wildman–Crippen MR) is 130 cm³/mol. The van der Waals surface area contributed by atoms with Crippen molar-refractivity contribution in [3.8, 4) is 0 Å². The minimum atomic E-state index is -2.41. The van der Waals surface area contributed by atoms with Crippen molar-refractivity contribution in [3.05, 3.63) is 63.0 Å². The van der Waals surface area contributed by atoms with Crippen molar-refractivity contribution in [2.75, 3.05) is 0 Å². The van der Waals surface area contributed by atoms with Gasteiger partial charge in [0.2, 0.25) is 17.6 Å². The van der Waals surface area contributed by atoms with Crippen molar-refractivity contribution in [2.24, 2.45) is 0 Å². The maximum atomic E-state index is 13.7. The summed E-state index contributed by atoms with van der Waals surface area (Å²) in [4.78, 5) is 37.9. The molecule has 184 valence electrons. The van der Waals surface area contributed by atoms with Crippen molar-refractivity contribution < 1.29 is 29.7 Å². The summed E-state index contributed by atoms with van der Waals surface area (Å²) in [6, 6.07) is -1.60. The van der Waals surface area contributed by atoms with E-state index in [1.165, 1.54) is 12.5 Å². The molecule has 8 heteroatoms. The van der Waals surface area contributed by atoms with E-state index in [1.807, 2.05) is 20.8 Å². The number of aliphatic hydroxyl groups excluding tert-OH is 1. The average Bonchev–Trinajstić information content (AvgIpc) is 2.77. The fourth-order valence-electron chi connectivity index (χ4n) is 4.18. The van der Waals surface area contributed by atoms with Crippen molar-refractivity contribution >= 4 is 29.0 Å². The molecule has 34 heavy (non-hydrogen) atoms. The Hall–Kier alpha value is -2.64. The molecule has 2 aliphatic carbocycles. The molecule has 0 aromatic heterocycles. The summed E-state index contributed by atoms with van der Waals surface area (Å²) in [6.07, 6.45) is 6.40. The Morgan fingerprint density at radius 3 is 2.15 bits per heavy atom. The van der Waals surface area contributed by atoms with Crippen molar-refractivity contribution in [2.45, 2.75) is 83.7 Å². The van der Waals surface area contributed by atoms with Gasteiger partial charge in [0.25, 0.3) is 0 Å². The second-order valence-corrected chi connectivity index (χ2v) is 10.2. The Morgan fingerprint density at radius 1 is 1.03 bits per heavy atom. The number of carbonyl (C=O) groups is 3. The molecule has 2 rings (SSSR count). The summed E-state index contributed by atoms with van der Waals surface area (Å²) < 4.78 is 0. The number of nitrogens with one attached hydrogen (secondary N) is 1. The van der Waals surface area contributed by atoms with Gasteiger partial charge in [-0.15, -0.1) is 11.6 Å². The summed E-state index contributed by atoms with van der Waals surface area (Å²) in [5.41, 5.74) is 9.00. The molecule has 0 spiro atoms. The first kappa shape index (κ1) is 27.6. The lowest BCUT2D eigenvalue weighted by Crippen LogP contribution is -2.79. The molecule has 0 aromatic carbocycles. The van der Waals surface area contributed by atoms with Gasteiger partial charge in [-0.3, -0.25) is 14.4 Å². The smallest absolute Gasteiger partial charge is 0.233 e. The Bertz CT molecular complexity index is 1090. The molecule has 0 bridgehead atoms. The quantitative estimate of drug-likeness (QED) is 0.274. The van der Waals surface area contributed by atoms with Crippen LogP contribution < -0.4 is 5.11 Å². The van der Waals surface area contributed by atoms with Crippen LogP contribution >= 0.6 is 11.6 Å². The molecule has 0 fully saturated rings. The highest BCUT2D eigenvalue weighted by molar-refractivity contribution is 6.45. The number of allylic oxidation sites excluding steroid dienone is 6. The summed E-state index contributed by atoms with van der Waals surface area (Å²) in [7, 11) is 0. The van der Waals surface area contributed by atoms with E-state index in [2.05, 4.69) is 6.08 Å². The molecule has 2 unspecified atom stereocenters. The van der Waals surface area contributed by atoms with Crippen molar-refractivity contribution in [1.82, 2.24) is 0 Å². The number of alkyl halides is 1. The van der Waals surface area contributed by atoms with Gasteiger partial charge in [-0.05, 0) is 60.8 Å². The van der Waals surface area contributed by atoms with Crippen LogP contribution in [0.1, 0.15) is 67.2 Å². The summed E-state index contributed by atoms with van der Waals surface area (Å²) >= 11 is 6.82. The summed E-state index contributed by atoms with van der Waals surface area (Å²) in [5.74, 6) is -3.29. The van der Waals surface area contributed by atoms with Gasteiger partial charge in [-0.25, -0.2) is 0 Å². The molecule has 0 radical (unpaired) electrons. The molecular formula is C26H33ClN2O5. The van der Waals surface area contributed by atoms with Crippen LogP contribution in [0.15, 0.2) is 57.4 Å². The summed E-state index contributed by atoms with van der Waals surface area (Å²) in [6.45, 7) is 10.7. The molecule has 0 heterocycles. The first-order chi connectivity index (χ1) is 15.7. The molecule has 2 aliphatic rings. The van der Waals surface area contributed by atoms with Gasteiger partial charge >= 0.3 is 0 Å². The van der Waals surface area contributed by atoms with Crippen LogP contribution in [0.2, 0.25) is 0 Å². The van der Waals surface area contributed by atoms with Gasteiger partial charge in [0.05, 0.1) is 11.1 Å². The molecule has 0 aliphatic heterocycles. The minimum absolute atomic E-state index is 0.170. The third-order valence-electron chi connectivity index (χ3n) is 6.40. The Kier molecular flexibility index (Phi) is 8.38. The second kappa shape index (κ2) is 10.3. The van der Waals surface area contributed by atoms with Crippen LogP contribution in [0.3, 0.4) is 0 Å². The number of Topliss-reactive ketones (excluding diaryl/α,β-unsaturated/α-hetero) is 3. The number of aliphatic hydroxyl groups is 2. The van der Waals surface area contributed by atoms with E-state index in [9.17, 15) is 30.1 Å². The van der Waals surface area contributed by atoms with E-state index < -0.39 is 50.8 Å². The highest BCUT2D eigenvalue weighted by Gasteiger charge is 2.66. The maximum absolute atomic E-state index is 13.7. The lowest BCUT2D eigenvalue weighted by Gasteiger charge is -2.45. The van der Waals surface area contributed by atoms with Crippen LogP contribution in [0, 0.1) is 0 Å². The van der Waals surface area contributed by atoms with Crippen molar-refractivity contribution in [1.29, 1.82) is 0 Å². The monoisotopic (exact) mass is 488 g/mol. The van der Waals surface area contributed by atoms with E-state index in [4.69, 9.17) is 11.6 Å². The lowest BCUT2D eigenvalue weighted by atomic mass is 9.63. The van der Waals surface area contributed by atoms with Gasteiger partial charge in [0, 0.05) is 12.0 Å². The minimum Gasteiger partial charge on any atom is -0.508 e. The van der Waals surface area contributed by atoms with E-state index in [0.717, 1.165) is 17.6 Å². The lowest BCUT2D eigenvalue weighted by molar-refractivity contribution is -0.498. The molecule has 0 saturated carbocycles. The van der Waals surface area contributed by atoms with Gasteiger partial charge in [-0.1, -0.05) is 34.9 Å². The number of nitrogens with zero attached hydrogens (tertiary/aromatic N) is 1. The normalized spacial score (nSPS) is 27.6. The van der Waals surface area contributed by atoms with Crippen LogP contribution in [0.25, 0.3) is 5.53 Å². The Balaban J connectivity index is 2.69. The zero-order valence-electron chi connectivity index (χ0n) is 20.6. The molecule has 3 atom stereocenters. The first-order valence-electron chi connectivity index (χ1n) is 11.2. The van der Waals surface area contributed by atoms with E-state index >= 15 is 0 Å². The van der Waals surface area contributed by atoms with E-state index in [0.29, 0.717) is 6.42 Å². The number of halogens is 1. The average molecular weight is 489 g/mol. The Labute approximate surface area is 205 Å². The SMILES string of the molecule is CC(C)=CCC/C(C)=C/C[C@]1(O)C(=O)C2=C(C(=O)C1(Cl)CC=C(C)C)C(O)=C(C)C(=O)C2[NH+]=[N-]. The van der Waals surface area contributed by atoms with E-state index in [1.54, 1.807) is 31.1 Å². The standard InChI is InChI=1S/C26H33ClN2O5/c1-14(2)8-7-9-16(5)11-13-26(34)24(33)18-19(21(30)17(6)22(31)20(18)29-28)23(32)25(26,27)12-10-15(3)4/h8,10-11,20,29-30,34H,7,9,12-13H2,1-6H3/b16-11+/t20?,25?,26-/m0/s1. The molecule has 7 nitrogen and oxygen atoms in total. The van der Waals surface area contributed by atoms with Gasteiger partial charge < -0.3 is 20.9 Å². The molecule has 3 N–H and O–H groups in total.